The zero-order valence-corrected chi connectivity index (χ0v) is 12.3. The maximum atomic E-state index is 11.3. The molecule has 2 aromatic heterocycles. The quantitative estimate of drug-likeness (QED) is 0.522. The minimum atomic E-state index is -0.102. The average Bonchev–Trinajstić information content (AvgIpc) is 2.55. The van der Waals surface area contributed by atoms with Crippen LogP contribution in [0.5, 0.6) is 0 Å². The molecular weight excluding hydrogens is 296 g/mol. The van der Waals surface area contributed by atoms with Crippen LogP contribution in [0, 0.1) is 0 Å². The molecule has 4 aromatic rings. The summed E-state index contributed by atoms with van der Waals surface area (Å²) < 4.78 is 14.6. The molecule has 2 aromatic carbocycles. The topological polar surface area (TPSA) is 45.8 Å². The molecule has 0 aliphatic rings. The molecule has 0 saturated carbocycles. The molecule has 0 unspecified atom stereocenters. The summed E-state index contributed by atoms with van der Waals surface area (Å²) in [4.78, 5) is 18.1. The van der Waals surface area contributed by atoms with Gasteiger partial charge < -0.3 is 4.98 Å². The van der Waals surface area contributed by atoms with Crippen LogP contribution in [0.4, 0.5) is 0 Å². The first kappa shape index (κ1) is 12.0. The minimum Gasteiger partial charge on any atom is -0.361 e. The van der Waals surface area contributed by atoms with Crippen LogP contribution >= 0.6 is 11.6 Å². The van der Waals surface area contributed by atoms with Crippen LogP contribution < -0.4 is 5.43 Å². The summed E-state index contributed by atoms with van der Waals surface area (Å²) in [6.07, 6.45) is 0.359. The van der Waals surface area contributed by atoms with E-state index in [9.17, 15) is 4.79 Å². The number of hydrogen-bond acceptors (Lipinski definition) is 2. The number of rotatable bonds is 0. The molecule has 0 spiro atoms. The van der Waals surface area contributed by atoms with Crippen LogP contribution in [-0.4, -0.2) is 9.97 Å². The summed E-state index contributed by atoms with van der Waals surface area (Å²) in [6, 6.07) is 17.5. The highest BCUT2D eigenvalue weighted by Crippen LogP contribution is 2.19. The first-order valence-corrected chi connectivity index (χ1v) is 7.03. The van der Waals surface area contributed by atoms with Gasteiger partial charge >= 0.3 is 0 Å². The lowest BCUT2D eigenvalue weighted by molar-refractivity contribution is 1.39. The number of nitrogens with one attached hydrogen (secondary N) is 1. The molecule has 1 N–H and O–H groups in total. The smallest absolute Gasteiger partial charge is 0.189 e. The number of halogens is 1. The summed E-state index contributed by atoms with van der Waals surface area (Å²) in [7, 11) is 0. The van der Waals surface area contributed by atoms with Gasteiger partial charge in [0.25, 0.3) is 0 Å². The van der Waals surface area contributed by atoms with E-state index in [1.807, 2.05) is 30.3 Å². The number of benzene rings is 2. The lowest BCUT2D eigenvalue weighted by atomic mass is 10.2. The minimum absolute atomic E-state index is 0.102. The van der Waals surface area contributed by atoms with E-state index in [1.54, 1.807) is 24.3 Å². The van der Waals surface area contributed by atoms with Crippen molar-refractivity contribution in [3.05, 3.63) is 88.3 Å². The molecule has 0 amide bonds. The van der Waals surface area contributed by atoms with Gasteiger partial charge in [-0.15, -0.1) is 0 Å². The lowest BCUT2D eigenvalue weighted by Crippen LogP contribution is -1.98. The van der Waals surface area contributed by atoms with E-state index in [0.717, 1.165) is 16.4 Å². The molecule has 0 aliphatic heterocycles. The third kappa shape index (κ3) is 3.00. The number of hydrogen-bond donors (Lipinski definition) is 1. The van der Waals surface area contributed by atoms with Crippen molar-refractivity contribution in [3.8, 4) is 0 Å². The van der Waals surface area contributed by atoms with Crippen molar-refractivity contribution in [2.45, 2.75) is 0 Å². The Bertz CT molecular complexity index is 1080. The SMILES string of the molecule is [2H]c1cc(=O)c2ccccc2[nH]1.[2H]c1cc(Cl)c2ccccc2n1. The number of aromatic amines is 1. The van der Waals surface area contributed by atoms with Gasteiger partial charge in [-0.3, -0.25) is 9.78 Å². The standard InChI is InChI=1S/C9H6ClN.C9H7NO/c10-8-5-6-11-9-4-2-1-3-7(8)9;11-9-5-6-10-8-4-2-1-3-7(8)9/h1-6H;1-6H,(H,10,11)/i2*6D. The highest BCUT2D eigenvalue weighted by Gasteiger charge is 1.95. The summed E-state index contributed by atoms with van der Waals surface area (Å²) in [5, 5.41) is 2.12. The molecule has 4 heteroatoms. The Kier molecular flexibility index (Phi) is 3.48. The van der Waals surface area contributed by atoms with E-state index in [2.05, 4.69) is 9.97 Å². The Morgan fingerprint density at radius 3 is 2.55 bits per heavy atom. The first-order valence-electron chi connectivity index (χ1n) is 7.65. The van der Waals surface area contributed by atoms with Crippen LogP contribution in [0.2, 0.25) is 5.02 Å². The van der Waals surface area contributed by atoms with Crippen LogP contribution in [0.25, 0.3) is 21.8 Å². The molecule has 22 heavy (non-hydrogen) atoms. The molecule has 0 atom stereocenters. The van der Waals surface area contributed by atoms with Crippen LogP contribution in [0.1, 0.15) is 2.74 Å². The van der Waals surface area contributed by atoms with E-state index in [4.69, 9.17) is 14.3 Å². The Labute approximate surface area is 135 Å². The number of fused-ring (bicyclic) bond motifs is 2. The van der Waals surface area contributed by atoms with Crippen LogP contribution in [0.15, 0.2) is 77.8 Å². The van der Waals surface area contributed by atoms with Crippen molar-refractivity contribution < 1.29 is 2.74 Å². The van der Waals surface area contributed by atoms with Crippen LogP contribution in [-0.2, 0) is 0 Å². The van der Waals surface area contributed by atoms with E-state index in [1.165, 1.54) is 6.07 Å². The van der Waals surface area contributed by atoms with Crippen molar-refractivity contribution >= 4 is 33.4 Å². The van der Waals surface area contributed by atoms with E-state index in [0.29, 0.717) is 10.4 Å². The van der Waals surface area contributed by atoms with Gasteiger partial charge in [0.1, 0.15) is 0 Å². The number of nitrogens with zero attached hydrogens (tertiary/aromatic N) is 1. The van der Waals surface area contributed by atoms with Gasteiger partial charge in [-0.05, 0) is 24.3 Å². The Balaban J connectivity index is 0.000000141. The zero-order valence-electron chi connectivity index (χ0n) is 13.5. The molecule has 0 fully saturated rings. The fraction of sp³-hybridized carbons (Fsp3) is 0. The van der Waals surface area contributed by atoms with Crippen LogP contribution in [0.3, 0.4) is 0 Å². The lowest BCUT2D eigenvalue weighted by Gasteiger charge is -1.96. The largest absolute Gasteiger partial charge is 0.361 e. The maximum absolute atomic E-state index is 11.3. The molecular formula is C18H13ClN2O. The Morgan fingerprint density at radius 2 is 1.68 bits per heavy atom. The van der Waals surface area contributed by atoms with Crippen molar-refractivity contribution in [1.82, 2.24) is 9.97 Å². The Morgan fingerprint density at radius 1 is 0.955 bits per heavy atom. The maximum Gasteiger partial charge on any atom is 0.189 e. The summed E-state index contributed by atoms with van der Waals surface area (Å²) in [6.45, 7) is 0. The number of pyridine rings is 2. The fourth-order valence-corrected chi connectivity index (χ4v) is 2.28. The second-order valence-electron chi connectivity index (χ2n) is 4.57. The van der Waals surface area contributed by atoms with E-state index in [-0.39, 0.29) is 17.8 Å². The van der Waals surface area contributed by atoms with Gasteiger partial charge in [-0.2, -0.15) is 0 Å². The van der Waals surface area contributed by atoms with Gasteiger partial charge in [0.05, 0.1) is 13.3 Å². The molecule has 108 valence electrons. The molecule has 3 nitrogen and oxygen atoms in total. The van der Waals surface area contributed by atoms with Crippen molar-refractivity contribution in [2.75, 3.05) is 0 Å². The normalized spacial score (nSPS) is 11.5. The predicted molar refractivity (Wildman–Crippen MR) is 91.3 cm³/mol. The third-order valence-electron chi connectivity index (χ3n) is 3.14. The van der Waals surface area contributed by atoms with Crippen molar-refractivity contribution in [2.24, 2.45) is 0 Å². The third-order valence-corrected chi connectivity index (χ3v) is 3.45. The first-order chi connectivity index (χ1) is 11.5. The predicted octanol–water partition coefficient (Wildman–Crippen LogP) is 4.42. The van der Waals surface area contributed by atoms with E-state index >= 15 is 0 Å². The van der Waals surface area contributed by atoms with E-state index < -0.39 is 0 Å². The van der Waals surface area contributed by atoms with Crippen molar-refractivity contribution in [3.63, 3.8) is 0 Å². The summed E-state index contributed by atoms with van der Waals surface area (Å²) >= 11 is 5.90. The molecule has 2 heterocycles. The van der Waals surface area contributed by atoms with Gasteiger partial charge in [-0.25, -0.2) is 0 Å². The molecule has 0 bridgehead atoms. The molecule has 4 rings (SSSR count). The Hall–Kier alpha value is -2.65. The zero-order chi connectivity index (χ0) is 17.1. The molecule has 0 saturated heterocycles. The fourth-order valence-electron chi connectivity index (χ4n) is 2.07. The average molecular weight is 311 g/mol. The van der Waals surface area contributed by atoms with Gasteiger partial charge in [0.15, 0.2) is 5.43 Å². The van der Waals surface area contributed by atoms with Gasteiger partial charge in [-0.1, -0.05) is 41.9 Å². The van der Waals surface area contributed by atoms with Gasteiger partial charge in [0, 0.05) is 34.7 Å². The highest BCUT2D eigenvalue weighted by atomic mass is 35.5. The second-order valence-corrected chi connectivity index (χ2v) is 4.98. The second kappa shape index (κ2) is 6.41. The number of aromatic nitrogens is 2. The van der Waals surface area contributed by atoms with Gasteiger partial charge in [0.2, 0.25) is 0 Å². The highest BCUT2D eigenvalue weighted by molar-refractivity contribution is 6.35. The molecule has 0 radical (unpaired) electrons. The summed E-state index contributed by atoms with van der Waals surface area (Å²) in [5.74, 6) is 0. The number of para-hydroxylation sites is 2. The monoisotopic (exact) mass is 310 g/mol. The van der Waals surface area contributed by atoms with Crippen molar-refractivity contribution in [1.29, 1.82) is 0 Å². The molecule has 0 aliphatic carbocycles. The number of H-pyrrole nitrogens is 1. The summed E-state index contributed by atoms with van der Waals surface area (Å²) in [5.41, 5.74) is 1.39.